The Morgan fingerprint density at radius 3 is 2.53 bits per heavy atom. The number of nitrogens with zero attached hydrogens (tertiary/aromatic N) is 1. The highest BCUT2D eigenvalue weighted by Crippen LogP contribution is 2.42. The highest BCUT2D eigenvalue weighted by Gasteiger charge is 2.55. The third kappa shape index (κ3) is 1.73. The van der Waals surface area contributed by atoms with Crippen molar-refractivity contribution in [3.8, 4) is 0 Å². The Morgan fingerprint density at radius 1 is 1.29 bits per heavy atom. The molecule has 0 aliphatic heterocycles. The molecule has 0 fully saturated rings. The largest absolute Gasteiger partial charge is 0.426 e. The van der Waals surface area contributed by atoms with E-state index in [4.69, 9.17) is 0 Å². The van der Waals surface area contributed by atoms with Crippen molar-refractivity contribution in [2.75, 3.05) is 0 Å². The summed E-state index contributed by atoms with van der Waals surface area (Å²) in [6.45, 7) is 3.06. The van der Waals surface area contributed by atoms with Crippen LogP contribution in [0.2, 0.25) is 0 Å². The third-order valence-corrected chi connectivity index (χ3v) is 3.29. The van der Waals surface area contributed by atoms with Gasteiger partial charge in [0.2, 0.25) is 5.60 Å². The fraction of sp³-hybridized carbons (Fsp3) is 0.182. The molecule has 0 saturated carbocycles. The molecule has 0 radical (unpaired) electrons. The van der Waals surface area contributed by atoms with Gasteiger partial charge in [-0.05, 0) is 23.7 Å². The van der Waals surface area contributed by atoms with Crippen molar-refractivity contribution >= 4 is 21.6 Å². The van der Waals surface area contributed by atoms with E-state index in [-0.39, 0.29) is 5.39 Å². The Labute approximate surface area is 99.2 Å². The number of fused-ring (bicyclic) bond motifs is 1. The van der Waals surface area contributed by atoms with Gasteiger partial charge in [0, 0.05) is 5.39 Å². The average Bonchev–Trinajstić information content (AvgIpc) is 2.70. The van der Waals surface area contributed by atoms with Crippen molar-refractivity contribution in [2.24, 2.45) is 0 Å². The van der Waals surface area contributed by atoms with Gasteiger partial charge < -0.3 is 5.11 Å². The fourth-order valence-corrected chi connectivity index (χ4v) is 2.34. The normalized spacial score (nSPS) is 15.8. The number of aliphatic hydroxyl groups is 1. The first-order valence-electron chi connectivity index (χ1n) is 4.68. The second-order valence-electron chi connectivity index (χ2n) is 3.50. The van der Waals surface area contributed by atoms with Gasteiger partial charge in [0.25, 0.3) is 0 Å². The second-order valence-corrected chi connectivity index (χ2v) is 4.30. The van der Waals surface area contributed by atoms with Crippen LogP contribution in [0.1, 0.15) is 5.69 Å². The fourth-order valence-electron chi connectivity index (χ4n) is 1.51. The molecule has 2 rings (SSSR count). The maximum absolute atomic E-state index is 12.8. The molecular formula is C11H8F3NOS. The Hall–Kier alpha value is -1.40. The number of rotatable bonds is 2. The predicted octanol–water partition coefficient (Wildman–Crippen LogP) is 3.23. The van der Waals surface area contributed by atoms with Crippen LogP contribution < -0.4 is 0 Å². The maximum Gasteiger partial charge on any atom is 0.426 e. The standard InChI is InChI=1S/C11H8F3NOS/c1-2-10(16,11(12,13)14)9-7-5-3-4-6-8(7)17-15-9/h2-6,16H,1H2. The molecule has 0 amide bonds. The topological polar surface area (TPSA) is 33.1 Å². The maximum atomic E-state index is 12.8. The molecule has 6 heteroatoms. The molecule has 0 aliphatic carbocycles. The Balaban J connectivity index is 2.71. The molecule has 2 aromatic rings. The molecule has 1 aromatic carbocycles. The summed E-state index contributed by atoms with van der Waals surface area (Å²) in [4.78, 5) is 0. The number of benzene rings is 1. The van der Waals surface area contributed by atoms with Crippen LogP contribution >= 0.6 is 11.5 Å². The second kappa shape index (κ2) is 3.82. The first-order valence-corrected chi connectivity index (χ1v) is 5.45. The minimum Gasteiger partial charge on any atom is -0.371 e. The molecule has 90 valence electrons. The number of halogens is 3. The van der Waals surface area contributed by atoms with Crippen LogP contribution in [-0.4, -0.2) is 15.7 Å². The van der Waals surface area contributed by atoms with Gasteiger partial charge in [-0.3, -0.25) is 0 Å². The lowest BCUT2D eigenvalue weighted by Gasteiger charge is -2.25. The Bertz CT molecular complexity index is 563. The van der Waals surface area contributed by atoms with E-state index < -0.39 is 17.5 Å². The lowest BCUT2D eigenvalue weighted by molar-refractivity contribution is -0.245. The molecular weight excluding hydrogens is 251 g/mol. The summed E-state index contributed by atoms with van der Waals surface area (Å²) in [5, 5.41) is 10.0. The van der Waals surface area contributed by atoms with Crippen molar-refractivity contribution in [3.05, 3.63) is 42.6 Å². The molecule has 0 aliphatic rings. The van der Waals surface area contributed by atoms with Crippen LogP contribution in [0.4, 0.5) is 13.2 Å². The molecule has 1 N–H and O–H groups in total. The van der Waals surface area contributed by atoms with E-state index in [0.29, 0.717) is 10.8 Å². The van der Waals surface area contributed by atoms with Crippen molar-refractivity contribution in [2.45, 2.75) is 11.8 Å². The van der Waals surface area contributed by atoms with Gasteiger partial charge in [-0.25, -0.2) is 0 Å². The molecule has 0 spiro atoms. The van der Waals surface area contributed by atoms with E-state index in [0.717, 1.165) is 11.5 Å². The summed E-state index contributed by atoms with van der Waals surface area (Å²) in [6, 6.07) is 6.44. The van der Waals surface area contributed by atoms with Crippen molar-refractivity contribution in [1.82, 2.24) is 4.37 Å². The summed E-state index contributed by atoms with van der Waals surface area (Å²) < 4.78 is 42.8. The lowest BCUT2D eigenvalue weighted by atomic mass is 9.96. The van der Waals surface area contributed by atoms with Gasteiger partial charge >= 0.3 is 6.18 Å². The summed E-state index contributed by atoms with van der Waals surface area (Å²) in [6.07, 6.45) is -4.37. The van der Waals surface area contributed by atoms with E-state index in [2.05, 4.69) is 11.0 Å². The first-order chi connectivity index (χ1) is 7.90. The first kappa shape index (κ1) is 12.1. The quantitative estimate of drug-likeness (QED) is 0.840. The lowest BCUT2D eigenvalue weighted by Crippen LogP contribution is -2.40. The third-order valence-electron chi connectivity index (χ3n) is 2.47. The van der Waals surface area contributed by atoms with E-state index in [1.807, 2.05) is 0 Å². The molecule has 2 nitrogen and oxygen atoms in total. The zero-order valence-corrected chi connectivity index (χ0v) is 9.35. The molecule has 0 saturated heterocycles. The van der Waals surface area contributed by atoms with Crippen molar-refractivity contribution in [3.63, 3.8) is 0 Å². The molecule has 1 heterocycles. The number of aromatic nitrogens is 1. The molecule has 1 aromatic heterocycles. The van der Waals surface area contributed by atoms with Gasteiger partial charge in [0.15, 0.2) is 0 Å². The summed E-state index contributed by atoms with van der Waals surface area (Å²) >= 11 is 0.915. The van der Waals surface area contributed by atoms with Crippen LogP contribution in [0.15, 0.2) is 36.9 Å². The van der Waals surface area contributed by atoms with Crippen LogP contribution in [0.25, 0.3) is 10.1 Å². The summed E-state index contributed by atoms with van der Waals surface area (Å²) in [7, 11) is 0. The van der Waals surface area contributed by atoms with Gasteiger partial charge in [-0.2, -0.15) is 17.5 Å². The van der Waals surface area contributed by atoms with Crippen LogP contribution in [-0.2, 0) is 5.60 Å². The van der Waals surface area contributed by atoms with Crippen molar-refractivity contribution in [1.29, 1.82) is 0 Å². The molecule has 17 heavy (non-hydrogen) atoms. The zero-order valence-electron chi connectivity index (χ0n) is 8.53. The molecule has 1 unspecified atom stereocenters. The van der Waals surface area contributed by atoms with E-state index >= 15 is 0 Å². The Kier molecular flexibility index (Phi) is 2.71. The van der Waals surface area contributed by atoms with Gasteiger partial charge in [-0.15, -0.1) is 0 Å². The van der Waals surface area contributed by atoms with Crippen molar-refractivity contribution < 1.29 is 18.3 Å². The highest BCUT2D eigenvalue weighted by atomic mass is 32.1. The summed E-state index contributed by atoms with van der Waals surface area (Å²) in [5.74, 6) is 0. The van der Waals surface area contributed by atoms with Crippen LogP contribution in [0.3, 0.4) is 0 Å². The van der Waals surface area contributed by atoms with E-state index in [1.54, 1.807) is 18.2 Å². The average molecular weight is 259 g/mol. The van der Waals surface area contributed by atoms with Gasteiger partial charge in [0.1, 0.15) is 5.69 Å². The number of hydrogen-bond acceptors (Lipinski definition) is 3. The van der Waals surface area contributed by atoms with Crippen LogP contribution in [0.5, 0.6) is 0 Å². The number of hydrogen-bond donors (Lipinski definition) is 1. The Morgan fingerprint density at radius 2 is 1.94 bits per heavy atom. The monoisotopic (exact) mass is 259 g/mol. The minimum atomic E-state index is -4.84. The SMILES string of the molecule is C=CC(O)(c1nsc2ccccc12)C(F)(F)F. The predicted molar refractivity (Wildman–Crippen MR) is 59.8 cm³/mol. The van der Waals surface area contributed by atoms with E-state index in [9.17, 15) is 18.3 Å². The summed E-state index contributed by atoms with van der Waals surface area (Å²) in [5.41, 5.74) is -3.52. The molecule has 1 atom stereocenters. The van der Waals surface area contributed by atoms with Crippen LogP contribution in [0, 0.1) is 0 Å². The number of alkyl halides is 3. The zero-order chi connectivity index (χ0) is 12.7. The van der Waals surface area contributed by atoms with E-state index in [1.165, 1.54) is 6.07 Å². The minimum absolute atomic E-state index is 0.289. The highest BCUT2D eigenvalue weighted by molar-refractivity contribution is 7.13. The van der Waals surface area contributed by atoms with Gasteiger partial charge in [-0.1, -0.05) is 24.8 Å². The molecule has 0 bridgehead atoms. The van der Waals surface area contributed by atoms with Gasteiger partial charge in [0.05, 0.1) is 4.70 Å². The smallest absolute Gasteiger partial charge is 0.371 e.